The van der Waals surface area contributed by atoms with E-state index >= 15 is 0 Å². The normalized spacial score (nSPS) is 12.5. The molecule has 0 saturated heterocycles. The lowest BCUT2D eigenvalue weighted by atomic mass is 10.2. The maximum Gasteiger partial charge on any atom is 0.246 e. The Balaban J connectivity index is 0.00000341. The predicted molar refractivity (Wildman–Crippen MR) is 132 cm³/mol. The van der Waals surface area contributed by atoms with Crippen LogP contribution in [0.3, 0.4) is 0 Å². The van der Waals surface area contributed by atoms with Crippen molar-refractivity contribution < 1.29 is 19.0 Å². The highest BCUT2D eigenvalue weighted by atomic mass is 127. The van der Waals surface area contributed by atoms with Crippen LogP contribution in [-0.4, -0.2) is 53.3 Å². The summed E-state index contributed by atoms with van der Waals surface area (Å²) in [5.74, 6) is 2.25. The van der Waals surface area contributed by atoms with Crippen LogP contribution < -0.4 is 29.7 Å². The summed E-state index contributed by atoms with van der Waals surface area (Å²) in [6.07, 6.45) is 0.885. The van der Waals surface area contributed by atoms with Crippen molar-refractivity contribution in [3.8, 4) is 17.2 Å². The van der Waals surface area contributed by atoms with Crippen LogP contribution in [0.15, 0.2) is 41.4 Å². The smallest absolute Gasteiger partial charge is 0.246 e. The van der Waals surface area contributed by atoms with Crippen LogP contribution in [0, 0.1) is 0 Å². The lowest BCUT2D eigenvalue weighted by molar-refractivity contribution is -0.117. The van der Waals surface area contributed by atoms with Gasteiger partial charge in [0.1, 0.15) is 0 Å². The fourth-order valence-electron chi connectivity index (χ4n) is 3.50. The quantitative estimate of drug-likeness (QED) is 0.319. The molecule has 2 aromatic rings. The van der Waals surface area contributed by atoms with Gasteiger partial charge in [-0.1, -0.05) is 18.2 Å². The molecule has 3 rings (SSSR count). The first-order chi connectivity index (χ1) is 14.6. The largest absolute Gasteiger partial charge is 0.493 e. The van der Waals surface area contributed by atoms with E-state index < -0.39 is 0 Å². The van der Waals surface area contributed by atoms with Crippen molar-refractivity contribution in [2.45, 2.75) is 13.0 Å². The molecule has 9 heteroatoms. The average molecular weight is 540 g/mol. The van der Waals surface area contributed by atoms with Gasteiger partial charge in [0, 0.05) is 25.8 Å². The number of nitrogens with one attached hydrogen (secondary N) is 2. The topological polar surface area (TPSA) is 84.4 Å². The number of guanidine groups is 1. The Bertz CT molecular complexity index is 910. The molecule has 0 atom stereocenters. The summed E-state index contributed by atoms with van der Waals surface area (Å²) in [5, 5.41) is 6.29. The number of methoxy groups -OCH3 is 3. The SMILES string of the molecule is CN=C(NCC(=O)N1CCc2ccccc21)NCc1cc(OC)c(OC)c(OC)c1.I. The third-order valence-corrected chi connectivity index (χ3v) is 5.00. The van der Waals surface area contributed by atoms with Crippen LogP contribution in [0.2, 0.25) is 0 Å². The maximum atomic E-state index is 12.7. The van der Waals surface area contributed by atoms with Gasteiger partial charge >= 0.3 is 0 Å². The molecule has 1 aliphatic heterocycles. The third-order valence-electron chi connectivity index (χ3n) is 5.00. The molecule has 168 valence electrons. The fraction of sp³-hybridized carbons (Fsp3) is 0.364. The minimum absolute atomic E-state index is 0. The molecule has 0 aliphatic carbocycles. The second-order valence-corrected chi connectivity index (χ2v) is 6.74. The number of anilines is 1. The van der Waals surface area contributed by atoms with E-state index in [4.69, 9.17) is 14.2 Å². The summed E-state index contributed by atoms with van der Waals surface area (Å²) in [6.45, 7) is 1.33. The number of fused-ring (bicyclic) bond motifs is 1. The van der Waals surface area contributed by atoms with Gasteiger partial charge in [-0.25, -0.2) is 0 Å². The van der Waals surface area contributed by atoms with E-state index in [0.29, 0.717) is 36.3 Å². The molecule has 0 unspecified atom stereocenters. The molecule has 2 aromatic carbocycles. The van der Waals surface area contributed by atoms with Crippen molar-refractivity contribution in [2.75, 3.05) is 46.4 Å². The number of carbonyl (C=O) groups is 1. The van der Waals surface area contributed by atoms with Crippen molar-refractivity contribution in [3.63, 3.8) is 0 Å². The molecular formula is C22H29IN4O4. The zero-order chi connectivity index (χ0) is 21.5. The van der Waals surface area contributed by atoms with Crippen LogP contribution in [0.25, 0.3) is 0 Å². The van der Waals surface area contributed by atoms with Crippen LogP contribution >= 0.6 is 24.0 Å². The molecule has 0 aromatic heterocycles. The van der Waals surface area contributed by atoms with Crippen molar-refractivity contribution >= 4 is 41.5 Å². The van der Waals surface area contributed by atoms with Gasteiger partial charge in [-0.15, -0.1) is 24.0 Å². The molecule has 8 nitrogen and oxygen atoms in total. The van der Waals surface area contributed by atoms with Crippen molar-refractivity contribution in [2.24, 2.45) is 4.99 Å². The molecule has 2 N–H and O–H groups in total. The Morgan fingerprint density at radius 3 is 2.35 bits per heavy atom. The number of halogens is 1. The van der Waals surface area contributed by atoms with E-state index in [1.807, 2.05) is 35.2 Å². The Morgan fingerprint density at radius 1 is 1.06 bits per heavy atom. The van der Waals surface area contributed by atoms with Gasteiger partial charge < -0.3 is 29.7 Å². The zero-order valence-electron chi connectivity index (χ0n) is 18.2. The highest BCUT2D eigenvalue weighted by Crippen LogP contribution is 2.38. The number of ether oxygens (including phenoxy) is 3. The standard InChI is InChI=1S/C22H28N4O4.HI/c1-23-22(24-13-15-11-18(28-2)21(30-4)19(12-15)29-3)25-14-20(27)26-10-9-16-7-5-6-8-17(16)26;/h5-8,11-12H,9-10,13-14H2,1-4H3,(H2,23,24,25);1H. The molecule has 1 heterocycles. The summed E-state index contributed by atoms with van der Waals surface area (Å²) in [6, 6.07) is 11.7. The van der Waals surface area contributed by atoms with Gasteiger partial charge in [0.2, 0.25) is 11.7 Å². The Hall–Kier alpha value is -2.69. The maximum absolute atomic E-state index is 12.7. The lowest BCUT2D eigenvalue weighted by Gasteiger charge is -2.19. The first-order valence-electron chi connectivity index (χ1n) is 9.73. The van der Waals surface area contributed by atoms with Crippen molar-refractivity contribution in [1.82, 2.24) is 10.6 Å². The van der Waals surface area contributed by atoms with Crippen molar-refractivity contribution in [1.29, 1.82) is 0 Å². The number of hydrogen-bond donors (Lipinski definition) is 2. The summed E-state index contributed by atoms with van der Waals surface area (Å²) in [4.78, 5) is 18.7. The minimum atomic E-state index is 0. The van der Waals surface area contributed by atoms with Gasteiger partial charge in [0.25, 0.3) is 0 Å². The Labute approximate surface area is 200 Å². The number of nitrogens with zero attached hydrogens (tertiary/aromatic N) is 2. The molecule has 1 amide bonds. The van der Waals surface area contributed by atoms with Gasteiger partial charge in [-0.3, -0.25) is 9.79 Å². The summed E-state index contributed by atoms with van der Waals surface area (Å²) in [7, 11) is 6.40. The monoisotopic (exact) mass is 540 g/mol. The summed E-state index contributed by atoms with van der Waals surface area (Å²) < 4.78 is 16.1. The Morgan fingerprint density at radius 2 is 1.74 bits per heavy atom. The second kappa shape index (κ2) is 11.6. The molecule has 31 heavy (non-hydrogen) atoms. The van der Waals surface area contributed by atoms with E-state index in [0.717, 1.165) is 17.7 Å². The van der Waals surface area contributed by atoms with Crippen LogP contribution in [0.5, 0.6) is 17.2 Å². The first-order valence-corrected chi connectivity index (χ1v) is 9.73. The first kappa shape index (κ1) is 24.6. The number of aliphatic imine (C=N–C) groups is 1. The number of benzene rings is 2. The molecule has 1 aliphatic rings. The number of carbonyl (C=O) groups excluding carboxylic acids is 1. The van der Waals surface area contributed by atoms with E-state index in [1.165, 1.54) is 5.56 Å². The predicted octanol–water partition coefficient (Wildman–Crippen LogP) is 2.58. The van der Waals surface area contributed by atoms with Crippen molar-refractivity contribution in [3.05, 3.63) is 47.5 Å². The number of amides is 1. The molecule has 0 spiro atoms. The lowest BCUT2D eigenvalue weighted by Crippen LogP contribution is -2.44. The summed E-state index contributed by atoms with van der Waals surface area (Å²) in [5.41, 5.74) is 3.12. The van der Waals surface area contributed by atoms with Crippen LogP contribution in [0.1, 0.15) is 11.1 Å². The number of hydrogen-bond acceptors (Lipinski definition) is 5. The fourth-order valence-corrected chi connectivity index (χ4v) is 3.50. The zero-order valence-corrected chi connectivity index (χ0v) is 20.6. The van der Waals surface area contributed by atoms with Gasteiger partial charge in [0.15, 0.2) is 17.5 Å². The van der Waals surface area contributed by atoms with Gasteiger partial charge in [-0.2, -0.15) is 0 Å². The van der Waals surface area contributed by atoms with E-state index in [9.17, 15) is 4.79 Å². The summed E-state index contributed by atoms with van der Waals surface area (Å²) >= 11 is 0. The molecule has 0 bridgehead atoms. The molecule has 0 radical (unpaired) electrons. The highest BCUT2D eigenvalue weighted by Gasteiger charge is 2.23. The average Bonchev–Trinajstić information content (AvgIpc) is 3.22. The van der Waals surface area contributed by atoms with E-state index in [1.54, 1.807) is 28.4 Å². The van der Waals surface area contributed by atoms with Gasteiger partial charge in [0.05, 0.1) is 27.9 Å². The Kier molecular flexibility index (Phi) is 9.22. The molecule has 0 saturated carbocycles. The number of rotatable bonds is 7. The number of para-hydroxylation sites is 1. The van der Waals surface area contributed by atoms with Crippen LogP contribution in [0.4, 0.5) is 5.69 Å². The van der Waals surface area contributed by atoms with Crippen LogP contribution in [-0.2, 0) is 17.8 Å². The third kappa shape index (κ3) is 5.72. The minimum Gasteiger partial charge on any atom is -0.493 e. The molecule has 0 fully saturated rings. The molecular weight excluding hydrogens is 511 g/mol. The van der Waals surface area contributed by atoms with E-state index in [2.05, 4.69) is 21.7 Å². The second-order valence-electron chi connectivity index (χ2n) is 6.74. The van der Waals surface area contributed by atoms with Gasteiger partial charge in [-0.05, 0) is 35.7 Å². The highest BCUT2D eigenvalue weighted by molar-refractivity contribution is 14.0. The van der Waals surface area contributed by atoms with E-state index in [-0.39, 0.29) is 36.4 Å².